The van der Waals surface area contributed by atoms with Crippen LogP contribution < -0.4 is 5.32 Å². The number of amides is 1. The maximum atomic E-state index is 12.1. The third-order valence-electron chi connectivity index (χ3n) is 3.37. The molecule has 0 aromatic carbocycles. The molecule has 0 aliphatic carbocycles. The van der Waals surface area contributed by atoms with E-state index in [-0.39, 0.29) is 11.9 Å². The van der Waals surface area contributed by atoms with Crippen molar-refractivity contribution in [2.24, 2.45) is 7.05 Å². The maximum absolute atomic E-state index is 12.1. The molecule has 1 amide bonds. The quantitative estimate of drug-likeness (QED) is 0.770. The van der Waals surface area contributed by atoms with Crippen molar-refractivity contribution in [1.29, 1.82) is 0 Å². The molecule has 6 nitrogen and oxygen atoms in total. The fourth-order valence-corrected chi connectivity index (χ4v) is 2.24. The number of carbonyl (C=O) groups excluding carboxylic acids is 1. The molecule has 1 atom stereocenters. The van der Waals surface area contributed by atoms with Crippen LogP contribution in [-0.2, 0) is 18.4 Å². The third kappa shape index (κ3) is 2.70. The van der Waals surface area contributed by atoms with Crippen molar-refractivity contribution in [2.45, 2.75) is 12.6 Å². The molecule has 100 valence electrons. The molecule has 1 aliphatic rings. The average molecular weight is 251 g/mol. The predicted molar refractivity (Wildman–Crippen MR) is 69.0 cm³/mol. The highest BCUT2D eigenvalue weighted by molar-refractivity contribution is 5.81. The van der Waals surface area contributed by atoms with Gasteiger partial charge in [0.1, 0.15) is 6.04 Å². The third-order valence-corrected chi connectivity index (χ3v) is 3.37. The number of piperazine rings is 1. The topological polar surface area (TPSA) is 53.4 Å². The summed E-state index contributed by atoms with van der Waals surface area (Å²) >= 11 is 0. The Labute approximate surface area is 108 Å². The Morgan fingerprint density at radius 1 is 1.61 bits per heavy atom. The van der Waals surface area contributed by atoms with Gasteiger partial charge in [0.2, 0.25) is 5.91 Å². The van der Waals surface area contributed by atoms with Crippen molar-refractivity contribution in [1.82, 2.24) is 24.9 Å². The Hall–Kier alpha value is -1.40. The molecule has 0 saturated carbocycles. The first-order valence-electron chi connectivity index (χ1n) is 6.22. The molecular formula is C12H21N5O. The van der Waals surface area contributed by atoms with E-state index in [0.717, 1.165) is 31.9 Å². The van der Waals surface area contributed by atoms with Crippen LogP contribution in [0.3, 0.4) is 0 Å². The summed E-state index contributed by atoms with van der Waals surface area (Å²) in [6.45, 7) is 3.29. The van der Waals surface area contributed by atoms with E-state index in [1.807, 2.05) is 17.8 Å². The molecule has 1 N–H and O–H groups in total. The van der Waals surface area contributed by atoms with Gasteiger partial charge in [-0.1, -0.05) is 0 Å². The van der Waals surface area contributed by atoms with Gasteiger partial charge >= 0.3 is 0 Å². The highest BCUT2D eigenvalue weighted by atomic mass is 16.2. The first-order valence-corrected chi connectivity index (χ1v) is 6.22. The van der Waals surface area contributed by atoms with Gasteiger partial charge in [-0.15, -0.1) is 0 Å². The van der Waals surface area contributed by atoms with E-state index in [1.165, 1.54) is 0 Å². The number of likely N-dealkylation sites (N-methyl/N-ethyl adjacent to an activating group) is 1. The number of rotatable bonds is 3. The Morgan fingerprint density at radius 2 is 2.39 bits per heavy atom. The zero-order valence-electron chi connectivity index (χ0n) is 11.3. The average Bonchev–Trinajstić information content (AvgIpc) is 2.75. The van der Waals surface area contributed by atoms with Crippen LogP contribution in [0.4, 0.5) is 0 Å². The second-order valence-electron chi connectivity index (χ2n) is 4.87. The minimum Gasteiger partial charge on any atom is -0.347 e. The summed E-state index contributed by atoms with van der Waals surface area (Å²) in [6, 6.07) is 1.92. The molecule has 1 aliphatic heterocycles. The van der Waals surface area contributed by atoms with Gasteiger partial charge < -0.3 is 10.2 Å². The lowest BCUT2D eigenvalue weighted by Gasteiger charge is -2.36. The summed E-state index contributed by atoms with van der Waals surface area (Å²) in [5.74, 6) is 0.157. The number of aromatic nitrogens is 2. The van der Waals surface area contributed by atoms with E-state index in [0.29, 0.717) is 0 Å². The largest absolute Gasteiger partial charge is 0.347 e. The van der Waals surface area contributed by atoms with Crippen LogP contribution in [-0.4, -0.2) is 65.3 Å². The van der Waals surface area contributed by atoms with E-state index in [2.05, 4.69) is 15.3 Å². The van der Waals surface area contributed by atoms with Gasteiger partial charge in [0.05, 0.1) is 5.69 Å². The van der Waals surface area contributed by atoms with Gasteiger partial charge in [-0.05, 0) is 6.07 Å². The fraction of sp³-hybridized carbons (Fsp3) is 0.667. The van der Waals surface area contributed by atoms with E-state index in [9.17, 15) is 4.79 Å². The lowest BCUT2D eigenvalue weighted by Crippen LogP contribution is -2.57. The molecule has 0 spiro atoms. The fourth-order valence-electron chi connectivity index (χ4n) is 2.24. The summed E-state index contributed by atoms with van der Waals surface area (Å²) < 4.78 is 1.86. The molecule has 0 radical (unpaired) electrons. The van der Waals surface area contributed by atoms with Crippen LogP contribution in [0.1, 0.15) is 5.69 Å². The standard InChI is InChI=1S/C12H21N5O/c1-15(2)12(18)11-8-13-6-7-17(11)9-10-4-5-14-16(10)3/h4-5,11,13H,6-9H2,1-3H3. The summed E-state index contributed by atoms with van der Waals surface area (Å²) in [6.07, 6.45) is 1.79. The molecule has 6 heteroatoms. The smallest absolute Gasteiger partial charge is 0.240 e. The van der Waals surface area contributed by atoms with Crippen molar-refractivity contribution >= 4 is 5.91 Å². The zero-order valence-corrected chi connectivity index (χ0v) is 11.3. The summed E-state index contributed by atoms with van der Waals surface area (Å²) in [5, 5.41) is 7.45. The molecule has 0 bridgehead atoms. The normalized spacial score (nSPS) is 20.9. The summed E-state index contributed by atoms with van der Waals surface area (Å²) in [7, 11) is 5.54. The molecule has 18 heavy (non-hydrogen) atoms. The Morgan fingerprint density at radius 3 is 3.00 bits per heavy atom. The predicted octanol–water partition coefficient (Wildman–Crippen LogP) is -0.718. The second-order valence-corrected chi connectivity index (χ2v) is 4.87. The van der Waals surface area contributed by atoms with Crippen LogP contribution >= 0.6 is 0 Å². The second kappa shape index (κ2) is 5.49. The van der Waals surface area contributed by atoms with E-state index in [1.54, 1.807) is 25.2 Å². The Bertz CT molecular complexity index is 414. The molecular weight excluding hydrogens is 230 g/mol. The molecule has 1 aromatic heterocycles. The van der Waals surface area contributed by atoms with Gasteiger partial charge in [0, 0.05) is 53.5 Å². The van der Waals surface area contributed by atoms with Gasteiger partial charge in [-0.25, -0.2) is 0 Å². The van der Waals surface area contributed by atoms with Crippen molar-refractivity contribution in [3.63, 3.8) is 0 Å². The zero-order chi connectivity index (χ0) is 13.1. The van der Waals surface area contributed by atoms with E-state index < -0.39 is 0 Å². The van der Waals surface area contributed by atoms with Crippen molar-refractivity contribution < 1.29 is 4.79 Å². The number of hydrogen-bond donors (Lipinski definition) is 1. The molecule has 1 unspecified atom stereocenters. The maximum Gasteiger partial charge on any atom is 0.240 e. The van der Waals surface area contributed by atoms with Gasteiger partial charge in [-0.3, -0.25) is 14.4 Å². The number of hydrogen-bond acceptors (Lipinski definition) is 4. The van der Waals surface area contributed by atoms with Crippen molar-refractivity contribution in [3.05, 3.63) is 18.0 Å². The Balaban J connectivity index is 2.09. The van der Waals surface area contributed by atoms with Crippen molar-refractivity contribution in [2.75, 3.05) is 33.7 Å². The van der Waals surface area contributed by atoms with Crippen LogP contribution in [0.2, 0.25) is 0 Å². The molecule has 1 fully saturated rings. The molecule has 2 heterocycles. The molecule has 1 saturated heterocycles. The van der Waals surface area contributed by atoms with Crippen LogP contribution in [0, 0.1) is 0 Å². The van der Waals surface area contributed by atoms with Gasteiger partial charge in [-0.2, -0.15) is 5.10 Å². The van der Waals surface area contributed by atoms with Crippen LogP contribution in [0.25, 0.3) is 0 Å². The number of nitrogens with zero attached hydrogens (tertiary/aromatic N) is 4. The minimum absolute atomic E-state index is 0.0800. The van der Waals surface area contributed by atoms with Crippen LogP contribution in [0.5, 0.6) is 0 Å². The SMILES string of the molecule is CN(C)C(=O)C1CNCCN1Cc1ccnn1C. The lowest BCUT2D eigenvalue weighted by molar-refractivity contribution is -0.135. The number of carbonyl (C=O) groups is 1. The monoisotopic (exact) mass is 251 g/mol. The van der Waals surface area contributed by atoms with Crippen molar-refractivity contribution in [3.8, 4) is 0 Å². The van der Waals surface area contributed by atoms with Gasteiger partial charge in [0.25, 0.3) is 0 Å². The van der Waals surface area contributed by atoms with E-state index >= 15 is 0 Å². The molecule has 2 rings (SSSR count). The summed E-state index contributed by atoms with van der Waals surface area (Å²) in [4.78, 5) is 16.0. The first kappa shape index (κ1) is 13.0. The number of aryl methyl sites for hydroxylation is 1. The number of nitrogens with one attached hydrogen (secondary N) is 1. The van der Waals surface area contributed by atoms with Crippen LogP contribution in [0.15, 0.2) is 12.3 Å². The van der Waals surface area contributed by atoms with Gasteiger partial charge in [0.15, 0.2) is 0 Å². The summed E-state index contributed by atoms with van der Waals surface area (Å²) in [5.41, 5.74) is 1.13. The highest BCUT2D eigenvalue weighted by Crippen LogP contribution is 2.11. The lowest BCUT2D eigenvalue weighted by atomic mass is 10.1. The Kier molecular flexibility index (Phi) is 3.98. The minimum atomic E-state index is -0.0800. The first-order chi connectivity index (χ1) is 8.59. The molecule has 1 aromatic rings. The highest BCUT2D eigenvalue weighted by Gasteiger charge is 2.29. The van der Waals surface area contributed by atoms with E-state index in [4.69, 9.17) is 0 Å².